The number of nitrogens with zero attached hydrogens (tertiary/aromatic N) is 5. The lowest BCUT2D eigenvalue weighted by Crippen LogP contribution is -2.52. The number of pyridine rings is 1. The van der Waals surface area contributed by atoms with Crippen LogP contribution in [0.3, 0.4) is 0 Å². The first-order valence-corrected chi connectivity index (χ1v) is 11.6. The third-order valence-electron chi connectivity index (χ3n) is 6.21. The fraction of sp³-hybridized carbons (Fsp3) is 0.435. The number of likely N-dealkylation sites (tertiary alicyclic amines) is 1. The average Bonchev–Trinajstić information content (AvgIpc) is 3.25. The maximum atomic E-state index is 12.8. The lowest BCUT2D eigenvalue weighted by Gasteiger charge is -2.37. The number of hydrogen-bond acceptors (Lipinski definition) is 6. The number of carbonyl (C=O) groups excluding carboxylic acids is 1. The van der Waals surface area contributed by atoms with Crippen molar-refractivity contribution in [2.75, 3.05) is 50.7 Å². The Morgan fingerprint density at radius 2 is 1.73 bits per heavy atom. The van der Waals surface area contributed by atoms with Gasteiger partial charge in [-0.15, -0.1) is 11.3 Å². The van der Waals surface area contributed by atoms with Crippen molar-refractivity contribution in [2.24, 2.45) is 0 Å². The molecule has 0 aliphatic carbocycles. The number of piperazine rings is 1. The van der Waals surface area contributed by atoms with Gasteiger partial charge in [-0.05, 0) is 50.2 Å². The van der Waals surface area contributed by atoms with E-state index < -0.39 is 0 Å². The van der Waals surface area contributed by atoms with Gasteiger partial charge in [-0.25, -0.2) is 9.97 Å². The second-order valence-corrected chi connectivity index (χ2v) is 9.19. The van der Waals surface area contributed by atoms with Gasteiger partial charge in [0.15, 0.2) is 0 Å². The molecule has 156 valence electrons. The highest BCUT2D eigenvalue weighted by Crippen LogP contribution is 2.33. The Morgan fingerprint density at radius 3 is 2.47 bits per heavy atom. The van der Waals surface area contributed by atoms with Crippen molar-refractivity contribution < 1.29 is 4.79 Å². The largest absolute Gasteiger partial charge is 0.353 e. The first-order chi connectivity index (χ1) is 14.8. The lowest BCUT2D eigenvalue weighted by molar-refractivity contribution is -0.133. The van der Waals surface area contributed by atoms with E-state index in [0.29, 0.717) is 12.5 Å². The van der Waals surface area contributed by atoms with Gasteiger partial charge in [-0.2, -0.15) is 0 Å². The van der Waals surface area contributed by atoms with Crippen molar-refractivity contribution >= 4 is 33.3 Å². The van der Waals surface area contributed by atoms with E-state index in [9.17, 15) is 4.79 Å². The normalized spacial score (nSPS) is 18.8. The van der Waals surface area contributed by atoms with Crippen LogP contribution in [0.15, 0.2) is 48.7 Å². The Labute approximate surface area is 181 Å². The number of carbonyl (C=O) groups is 1. The van der Waals surface area contributed by atoms with Crippen LogP contribution < -0.4 is 4.90 Å². The van der Waals surface area contributed by atoms with Crippen LogP contribution in [-0.4, -0.2) is 71.5 Å². The number of anilines is 1. The molecule has 2 aromatic heterocycles. The SMILES string of the molecule is O=C(CN1CCC(c2nc3ccccc3s2)CC1)N1CCN(c2ccccn2)CC1. The van der Waals surface area contributed by atoms with E-state index in [-0.39, 0.29) is 5.91 Å². The van der Waals surface area contributed by atoms with Crippen LogP contribution in [-0.2, 0) is 4.79 Å². The van der Waals surface area contributed by atoms with E-state index >= 15 is 0 Å². The molecule has 30 heavy (non-hydrogen) atoms. The Balaban J connectivity index is 1.10. The molecule has 2 fully saturated rings. The smallest absolute Gasteiger partial charge is 0.236 e. The van der Waals surface area contributed by atoms with Crippen LogP contribution in [0.1, 0.15) is 23.8 Å². The van der Waals surface area contributed by atoms with Gasteiger partial charge in [0.1, 0.15) is 5.82 Å². The van der Waals surface area contributed by atoms with Crippen LogP contribution in [0.5, 0.6) is 0 Å². The highest BCUT2D eigenvalue weighted by Gasteiger charge is 2.27. The molecule has 2 aliphatic heterocycles. The molecule has 0 atom stereocenters. The molecule has 2 saturated heterocycles. The number of amides is 1. The van der Waals surface area contributed by atoms with E-state index in [1.807, 2.05) is 40.6 Å². The van der Waals surface area contributed by atoms with E-state index in [0.717, 1.165) is 63.4 Å². The molecule has 5 rings (SSSR count). The summed E-state index contributed by atoms with van der Waals surface area (Å²) in [5.41, 5.74) is 1.11. The summed E-state index contributed by atoms with van der Waals surface area (Å²) in [5, 5.41) is 1.26. The third kappa shape index (κ3) is 4.18. The van der Waals surface area contributed by atoms with Crippen molar-refractivity contribution in [1.82, 2.24) is 19.8 Å². The summed E-state index contributed by atoms with van der Waals surface area (Å²) >= 11 is 1.83. The van der Waals surface area contributed by atoms with Gasteiger partial charge >= 0.3 is 0 Å². The molecular weight excluding hydrogens is 394 g/mol. The maximum Gasteiger partial charge on any atom is 0.236 e. The van der Waals surface area contributed by atoms with Crippen LogP contribution in [0.2, 0.25) is 0 Å². The highest BCUT2D eigenvalue weighted by molar-refractivity contribution is 7.18. The molecule has 0 saturated carbocycles. The zero-order valence-corrected chi connectivity index (χ0v) is 17.9. The van der Waals surface area contributed by atoms with E-state index in [4.69, 9.17) is 4.98 Å². The molecule has 0 bridgehead atoms. The van der Waals surface area contributed by atoms with Gasteiger partial charge in [0.2, 0.25) is 5.91 Å². The van der Waals surface area contributed by atoms with Crippen LogP contribution >= 0.6 is 11.3 Å². The molecule has 1 amide bonds. The molecule has 4 heterocycles. The molecule has 7 heteroatoms. The molecule has 6 nitrogen and oxygen atoms in total. The molecule has 0 unspecified atom stereocenters. The van der Waals surface area contributed by atoms with Crippen molar-refractivity contribution in [2.45, 2.75) is 18.8 Å². The second kappa shape index (κ2) is 8.70. The minimum Gasteiger partial charge on any atom is -0.353 e. The molecule has 2 aliphatic rings. The lowest BCUT2D eigenvalue weighted by atomic mass is 9.97. The monoisotopic (exact) mass is 421 g/mol. The van der Waals surface area contributed by atoms with Gasteiger partial charge in [0.05, 0.1) is 21.8 Å². The molecule has 0 spiro atoms. The van der Waals surface area contributed by atoms with Crippen LogP contribution in [0, 0.1) is 0 Å². The first-order valence-electron chi connectivity index (χ1n) is 10.8. The number of aromatic nitrogens is 2. The molecule has 0 radical (unpaired) electrons. The van der Waals surface area contributed by atoms with E-state index in [1.165, 1.54) is 9.71 Å². The molecular formula is C23H27N5OS. The van der Waals surface area contributed by atoms with Gasteiger partial charge in [0.25, 0.3) is 0 Å². The van der Waals surface area contributed by atoms with Crippen molar-refractivity contribution in [3.8, 4) is 0 Å². The Morgan fingerprint density at radius 1 is 0.967 bits per heavy atom. The predicted molar refractivity (Wildman–Crippen MR) is 121 cm³/mol. The zero-order chi connectivity index (χ0) is 20.3. The number of benzene rings is 1. The summed E-state index contributed by atoms with van der Waals surface area (Å²) in [7, 11) is 0. The summed E-state index contributed by atoms with van der Waals surface area (Å²) in [5.74, 6) is 1.78. The van der Waals surface area contributed by atoms with Crippen molar-refractivity contribution in [1.29, 1.82) is 0 Å². The number of thiazole rings is 1. The predicted octanol–water partition coefficient (Wildman–Crippen LogP) is 3.22. The third-order valence-corrected chi connectivity index (χ3v) is 7.41. The number of piperidine rings is 1. The highest BCUT2D eigenvalue weighted by atomic mass is 32.1. The minimum atomic E-state index is 0.258. The number of fused-ring (bicyclic) bond motifs is 1. The number of para-hydroxylation sites is 1. The maximum absolute atomic E-state index is 12.8. The quantitative estimate of drug-likeness (QED) is 0.647. The summed E-state index contributed by atoms with van der Waals surface area (Å²) < 4.78 is 1.27. The molecule has 3 aromatic rings. The van der Waals surface area contributed by atoms with Gasteiger partial charge in [-0.3, -0.25) is 9.69 Å². The van der Waals surface area contributed by atoms with Gasteiger partial charge in [-0.1, -0.05) is 18.2 Å². The average molecular weight is 422 g/mol. The van der Waals surface area contributed by atoms with Gasteiger partial charge < -0.3 is 9.80 Å². The zero-order valence-electron chi connectivity index (χ0n) is 17.1. The Bertz CT molecular complexity index is 958. The standard InChI is InChI=1S/C23H27N5OS/c29-22(28-15-13-27(14-16-28)21-7-3-4-10-24-21)17-26-11-8-18(9-12-26)23-25-19-5-1-2-6-20(19)30-23/h1-7,10,18H,8-9,11-17H2. The fourth-order valence-corrected chi connectivity index (χ4v) is 5.56. The topological polar surface area (TPSA) is 52.6 Å². The Kier molecular flexibility index (Phi) is 5.64. The van der Waals surface area contributed by atoms with Crippen LogP contribution in [0.25, 0.3) is 10.2 Å². The number of hydrogen-bond donors (Lipinski definition) is 0. The van der Waals surface area contributed by atoms with E-state index in [2.05, 4.69) is 39.0 Å². The summed E-state index contributed by atoms with van der Waals surface area (Å²) in [6.07, 6.45) is 3.99. The first kappa shape index (κ1) is 19.5. The minimum absolute atomic E-state index is 0.258. The second-order valence-electron chi connectivity index (χ2n) is 8.13. The van der Waals surface area contributed by atoms with Crippen molar-refractivity contribution in [3.63, 3.8) is 0 Å². The molecule has 0 N–H and O–H groups in total. The van der Waals surface area contributed by atoms with E-state index in [1.54, 1.807) is 0 Å². The summed E-state index contributed by atoms with van der Waals surface area (Å²) in [6, 6.07) is 14.4. The van der Waals surface area contributed by atoms with Crippen molar-refractivity contribution in [3.05, 3.63) is 53.7 Å². The van der Waals surface area contributed by atoms with Crippen LogP contribution in [0.4, 0.5) is 5.82 Å². The van der Waals surface area contributed by atoms with Gasteiger partial charge in [0, 0.05) is 38.3 Å². The summed E-state index contributed by atoms with van der Waals surface area (Å²) in [6.45, 7) is 5.73. The number of rotatable bonds is 4. The Hall–Kier alpha value is -2.51. The fourth-order valence-electron chi connectivity index (χ4n) is 4.42. The molecule has 1 aromatic carbocycles. The summed E-state index contributed by atoms with van der Waals surface area (Å²) in [4.78, 5) is 28.7.